The minimum absolute atomic E-state index is 0.0740. The van der Waals surface area contributed by atoms with E-state index in [-0.39, 0.29) is 17.1 Å². The number of carbonyl (C=O) groups excluding carboxylic acids is 2. The highest BCUT2D eigenvalue weighted by Gasteiger charge is 2.27. The summed E-state index contributed by atoms with van der Waals surface area (Å²) in [5, 5.41) is 13.6. The first-order valence-electron chi connectivity index (χ1n) is 8.80. The van der Waals surface area contributed by atoms with E-state index >= 15 is 0 Å². The predicted octanol–water partition coefficient (Wildman–Crippen LogP) is 3.52. The van der Waals surface area contributed by atoms with Crippen LogP contribution < -0.4 is 16.5 Å². The molecule has 0 spiro atoms. The molecule has 0 aliphatic carbocycles. The summed E-state index contributed by atoms with van der Waals surface area (Å²) < 4.78 is 6.13. The maximum Gasteiger partial charge on any atom is 0.340 e. The van der Waals surface area contributed by atoms with Gasteiger partial charge in [-0.15, -0.1) is 0 Å². The van der Waals surface area contributed by atoms with Crippen LogP contribution >= 0.6 is 0 Å². The molecule has 0 aliphatic heterocycles. The van der Waals surface area contributed by atoms with Crippen molar-refractivity contribution in [2.45, 2.75) is 6.92 Å². The van der Waals surface area contributed by atoms with Gasteiger partial charge in [-0.3, -0.25) is 10.1 Å². The molecule has 10 nitrogen and oxygen atoms in total. The smallest absolute Gasteiger partial charge is 0.340 e. The second kappa shape index (κ2) is 8.35. The number of methoxy groups -OCH3 is 1. The second-order valence-corrected chi connectivity index (χ2v) is 6.28. The van der Waals surface area contributed by atoms with Gasteiger partial charge in [0.1, 0.15) is 5.82 Å². The Morgan fingerprint density at radius 3 is 2.30 bits per heavy atom. The van der Waals surface area contributed by atoms with Crippen LogP contribution in [0.5, 0.6) is 0 Å². The van der Waals surface area contributed by atoms with Crippen LogP contribution in [0.4, 0.5) is 22.0 Å². The molecular formula is C20H19N5O5. The molecule has 3 rings (SSSR count). The van der Waals surface area contributed by atoms with Gasteiger partial charge in [-0.1, -0.05) is 18.2 Å². The maximum absolute atomic E-state index is 12.4. The van der Waals surface area contributed by atoms with Gasteiger partial charge in [-0.25, -0.2) is 19.7 Å². The molecule has 2 aromatic carbocycles. The van der Waals surface area contributed by atoms with Crippen LogP contribution in [0.3, 0.4) is 0 Å². The van der Waals surface area contributed by atoms with Crippen LogP contribution in [-0.2, 0) is 4.74 Å². The minimum Gasteiger partial charge on any atom is -0.465 e. The van der Waals surface area contributed by atoms with Crippen molar-refractivity contribution < 1.29 is 19.2 Å². The zero-order valence-electron chi connectivity index (χ0n) is 16.2. The van der Waals surface area contributed by atoms with Crippen molar-refractivity contribution in [3.63, 3.8) is 0 Å². The molecule has 30 heavy (non-hydrogen) atoms. The molecule has 0 aliphatic rings. The Hall–Kier alpha value is -4.34. The number of urea groups is 1. The van der Waals surface area contributed by atoms with E-state index in [9.17, 15) is 19.7 Å². The highest BCUT2D eigenvalue weighted by Crippen LogP contribution is 2.35. The van der Waals surface area contributed by atoms with Crippen molar-refractivity contribution in [3.8, 4) is 11.1 Å². The molecule has 1 aromatic heterocycles. The van der Waals surface area contributed by atoms with Gasteiger partial charge < -0.3 is 15.8 Å². The number of nitrogens with one attached hydrogen (secondary N) is 2. The number of nitro benzene ring substituents is 1. The number of aromatic nitrogens is 1. The van der Waals surface area contributed by atoms with Gasteiger partial charge in [-0.2, -0.15) is 0 Å². The number of nitro groups is 1. The lowest BCUT2D eigenvalue weighted by Gasteiger charge is -2.12. The van der Waals surface area contributed by atoms with E-state index in [1.165, 1.54) is 36.1 Å². The van der Waals surface area contributed by atoms with Crippen LogP contribution in [0, 0.1) is 17.0 Å². The number of amides is 2. The molecule has 2 amide bonds. The van der Waals surface area contributed by atoms with Gasteiger partial charge in [0.2, 0.25) is 0 Å². The highest BCUT2D eigenvalue weighted by molar-refractivity contribution is 6.03. The Morgan fingerprint density at radius 1 is 1.10 bits per heavy atom. The Kier molecular flexibility index (Phi) is 5.68. The number of nitrogen functional groups attached to an aromatic ring is 1. The summed E-state index contributed by atoms with van der Waals surface area (Å²) in [6.45, 7) is 1.60. The number of rotatable bonds is 5. The average molecular weight is 409 g/mol. The molecular weight excluding hydrogens is 390 g/mol. The lowest BCUT2D eigenvalue weighted by molar-refractivity contribution is -0.384. The number of nitrogens with zero attached hydrogens (tertiary/aromatic N) is 2. The van der Waals surface area contributed by atoms with E-state index in [2.05, 4.69) is 10.7 Å². The largest absolute Gasteiger partial charge is 0.465 e. The predicted molar refractivity (Wildman–Crippen MR) is 112 cm³/mol. The number of ether oxygens (including phenoxy) is 1. The molecule has 154 valence electrons. The molecule has 0 fully saturated rings. The third kappa shape index (κ3) is 3.92. The Labute approximate surface area is 171 Å². The molecule has 4 N–H and O–H groups in total. The first-order chi connectivity index (χ1) is 14.3. The fraction of sp³-hybridized carbons (Fsp3) is 0.100. The van der Waals surface area contributed by atoms with Gasteiger partial charge in [0.25, 0.3) is 5.69 Å². The van der Waals surface area contributed by atoms with Gasteiger partial charge in [0.15, 0.2) is 0 Å². The lowest BCUT2D eigenvalue weighted by atomic mass is 10.0. The van der Waals surface area contributed by atoms with Crippen molar-refractivity contribution in [3.05, 3.63) is 76.0 Å². The fourth-order valence-electron chi connectivity index (χ4n) is 3.03. The maximum atomic E-state index is 12.4. The number of benzene rings is 2. The molecule has 0 saturated carbocycles. The third-order valence-electron chi connectivity index (χ3n) is 4.45. The van der Waals surface area contributed by atoms with Crippen molar-refractivity contribution in [2.75, 3.05) is 23.6 Å². The fourth-order valence-corrected chi connectivity index (χ4v) is 3.03. The van der Waals surface area contributed by atoms with Crippen LogP contribution in [0.1, 0.15) is 16.1 Å². The highest BCUT2D eigenvalue weighted by atomic mass is 16.6. The van der Waals surface area contributed by atoms with Crippen molar-refractivity contribution in [1.82, 2.24) is 4.68 Å². The Bertz CT molecular complexity index is 1110. The zero-order chi connectivity index (χ0) is 21.8. The number of carbonyl (C=O) groups is 2. The standard InChI is InChI=1S/C20H19N5O5/c1-12-16(19(26)30-2)17(13-8-10-15(11-9-13)25(28)29)18(21)24(12)23-20(27)22-14-6-4-3-5-7-14/h3-11H,21H2,1-2H3,(H2,22,23,27). The van der Waals surface area contributed by atoms with Gasteiger partial charge in [0.05, 0.1) is 23.3 Å². The molecule has 1 heterocycles. The SMILES string of the molecule is COC(=O)c1c(-c2ccc([N+](=O)[O-])cc2)c(N)n(NC(=O)Nc2ccccc2)c1C. The molecule has 0 saturated heterocycles. The Balaban J connectivity index is 2.01. The molecule has 0 radical (unpaired) electrons. The quantitative estimate of drug-likeness (QED) is 0.334. The molecule has 0 atom stereocenters. The molecule has 0 bridgehead atoms. The number of hydrogen-bond donors (Lipinski definition) is 3. The topological polar surface area (TPSA) is 142 Å². The van der Waals surface area contributed by atoms with Crippen molar-refractivity contribution in [1.29, 1.82) is 0 Å². The third-order valence-corrected chi connectivity index (χ3v) is 4.45. The number of hydrogen-bond acceptors (Lipinski definition) is 6. The number of esters is 1. The normalized spacial score (nSPS) is 10.3. The zero-order valence-corrected chi connectivity index (χ0v) is 16.2. The molecule has 0 unspecified atom stereocenters. The minimum atomic E-state index is -0.656. The first-order valence-corrected chi connectivity index (χ1v) is 8.80. The first kappa shape index (κ1) is 20.4. The van der Waals surface area contributed by atoms with Crippen LogP contribution in [0.2, 0.25) is 0 Å². The van der Waals surface area contributed by atoms with Crippen molar-refractivity contribution in [2.24, 2.45) is 0 Å². The molecule has 10 heteroatoms. The van der Waals surface area contributed by atoms with Gasteiger partial charge in [-0.05, 0) is 36.8 Å². The summed E-state index contributed by atoms with van der Waals surface area (Å²) in [6.07, 6.45) is 0. The van der Waals surface area contributed by atoms with E-state index in [1.807, 2.05) is 6.07 Å². The van der Waals surface area contributed by atoms with E-state index < -0.39 is 16.9 Å². The number of non-ortho nitro benzene ring substituents is 1. The van der Waals surface area contributed by atoms with E-state index in [0.29, 0.717) is 22.5 Å². The molecule has 3 aromatic rings. The summed E-state index contributed by atoms with van der Waals surface area (Å²) >= 11 is 0. The summed E-state index contributed by atoms with van der Waals surface area (Å²) in [6, 6.07) is 13.8. The van der Waals surface area contributed by atoms with E-state index in [4.69, 9.17) is 10.5 Å². The van der Waals surface area contributed by atoms with E-state index in [0.717, 1.165) is 0 Å². The number of nitrogens with two attached hydrogens (primary N) is 1. The average Bonchev–Trinajstić information content (AvgIpc) is 2.98. The van der Waals surface area contributed by atoms with Crippen LogP contribution in [0.25, 0.3) is 11.1 Å². The van der Waals surface area contributed by atoms with E-state index in [1.54, 1.807) is 31.2 Å². The lowest BCUT2D eigenvalue weighted by Crippen LogP contribution is -2.29. The van der Waals surface area contributed by atoms with Gasteiger partial charge >= 0.3 is 12.0 Å². The van der Waals surface area contributed by atoms with Crippen LogP contribution in [-0.4, -0.2) is 28.7 Å². The second-order valence-electron chi connectivity index (χ2n) is 6.28. The summed E-state index contributed by atoms with van der Waals surface area (Å²) in [5.41, 5.74) is 10.6. The summed E-state index contributed by atoms with van der Waals surface area (Å²) in [4.78, 5) is 35.2. The van der Waals surface area contributed by atoms with Crippen molar-refractivity contribution >= 4 is 29.2 Å². The Morgan fingerprint density at radius 2 is 1.73 bits per heavy atom. The van der Waals surface area contributed by atoms with Crippen LogP contribution in [0.15, 0.2) is 54.6 Å². The van der Waals surface area contributed by atoms with Gasteiger partial charge in [0, 0.05) is 23.4 Å². The summed E-state index contributed by atoms with van der Waals surface area (Å²) in [7, 11) is 1.23. The number of para-hydroxylation sites is 1. The number of anilines is 2. The summed E-state index contributed by atoms with van der Waals surface area (Å²) in [5.74, 6) is -0.582. The monoisotopic (exact) mass is 409 g/mol.